The molecule has 1 atom stereocenters. The fourth-order valence-corrected chi connectivity index (χ4v) is 5.32. The predicted molar refractivity (Wildman–Crippen MR) is 139 cm³/mol. The summed E-state index contributed by atoms with van der Waals surface area (Å²) in [5.41, 5.74) is 5.47. The fraction of sp³-hybridized carbons (Fsp3) is 0.345. The molecule has 4 aromatic rings. The Labute approximate surface area is 209 Å². The van der Waals surface area contributed by atoms with Crippen LogP contribution in [-0.4, -0.2) is 25.7 Å². The summed E-state index contributed by atoms with van der Waals surface area (Å²) in [4.78, 5) is 30.3. The Morgan fingerprint density at radius 3 is 2.58 bits per heavy atom. The lowest BCUT2D eigenvalue weighted by Crippen LogP contribution is -2.32. The molecule has 4 heterocycles. The van der Waals surface area contributed by atoms with Gasteiger partial charge in [-0.3, -0.25) is 4.79 Å². The van der Waals surface area contributed by atoms with E-state index >= 15 is 0 Å². The lowest BCUT2D eigenvalue weighted by atomic mass is 9.90. The van der Waals surface area contributed by atoms with Crippen molar-refractivity contribution in [1.82, 2.24) is 9.55 Å². The van der Waals surface area contributed by atoms with Gasteiger partial charge in [0.25, 0.3) is 5.56 Å². The van der Waals surface area contributed by atoms with Crippen molar-refractivity contribution < 1.29 is 19.7 Å². The minimum atomic E-state index is -1.47. The number of aromatic nitrogens is 2. The number of rotatable bonds is 3. The van der Waals surface area contributed by atoms with Crippen molar-refractivity contribution in [2.24, 2.45) is 5.92 Å². The van der Waals surface area contributed by atoms with Crippen LogP contribution in [0.25, 0.3) is 33.1 Å². The van der Waals surface area contributed by atoms with Crippen LogP contribution in [0.4, 0.5) is 0 Å². The average molecular weight is 487 g/mol. The number of carbonyl (C=O) groups excluding carboxylic acids is 1. The molecule has 2 N–H and O–H groups in total. The zero-order chi connectivity index (χ0) is 25.7. The van der Waals surface area contributed by atoms with Gasteiger partial charge in [0.15, 0.2) is 6.10 Å². The van der Waals surface area contributed by atoms with Gasteiger partial charge in [0.05, 0.1) is 35.6 Å². The monoisotopic (exact) mass is 486 g/mol. The highest BCUT2D eigenvalue weighted by Gasteiger charge is 2.34. The van der Waals surface area contributed by atoms with Gasteiger partial charge in [-0.05, 0) is 52.4 Å². The van der Waals surface area contributed by atoms with Gasteiger partial charge in [0.2, 0.25) is 0 Å². The maximum atomic E-state index is 13.4. The summed E-state index contributed by atoms with van der Waals surface area (Å²) in [5.74, 6) is -0.374. The van der Waals surface area contributed by atoms with Gasteiger partial charge in [-0.15, -0.1) is 0 Å². The summed E-state index contributed by atoms with van der Waals surface area (Å²) >= 11 is 0. The Hall–Kier alpha value is -3.55. The fourth-order valence-electron chi connectivity index (χ4n) is 5.32. The van der Waals surface area contributed by atoms with E-state index in [9.17, 15) is 19.8 Å². The zero-order valence-corrected chi connectivity index (χ0v) is 21.0. The van der Waals surface area contributed by atoms with Gasteiger partial charge in [-0.2, -0.15) is 0 Å². The van der Waals surface area contributed by atoms with Crippen LogP contribution in [0.1, 0.15) is 61.6 Å². The molecule has 0 bridgehead atoms. The number of nitrogens with zero attached hydrogens (tertiary/aromatic N) is 2. The molecule has 186 valence electrons. The highest BCUT2D eigenvalue weighted by Crippen LogP contribution is 2.40. The lowest BCUT2D eigenvalue weighted by Gasteiger charge is -2.21. The SMILES string of the molecule is CC.CC(C)Cc1c2c(nc3ccc4ccc(CO)cc4c13)-c1cc3c(c(=O)n1C2)COC(=O)C3O. The number of hydrogen-bond donors (Lipinski definition) is 2. The van der Waals surface area contributed by atoms with Crippen LogP contribution in [-0.2, 0) is 35.7 Å². The smallest absolute Gasteiger partial charge is 0.340 e. The van der Waals surface area contributed by atoms with Crippen LogP contribution in [0, 0.1) is 5.92 Å². The van der Waals surface area contributed by atoms with Crippen LogP contribution in [0.5, 0.6) is 0 Å². The second-order valence-corrected chi connectivity index (χ2v) is 9.55. The summed E-state index contributed by atoms with van der Waals surface area (Å²) in [5, 5.41) is 23.3. The van der Waals surface area contributed by atoms with Crippen LogP contribution >= 0.6 is 0 Å². The van der Waals surface area contributed by atoms with Crippen LogP contribution in [0.3, 0.4) is 0 Å². The Bertz CT molecular complexity index is 1590. The van der Waals surface area contributed by atoms with Crippen molar-refractivity contribution in [3.63, 3.8) is 0 Å². The molecule has 0 spiro atoms. The van der Waals surface area contributed by atoms with E-state index in [-0.39, 0.29) is 18.8 Å². The van der Waals surface area contributed by atoms with Gasteiger partial charge in [-0.25, -0.2) is 9.78 Å². The molecule has 2 aliphatic rings. The van der Waals surface area contributed by atoms with Crippen LogP contribution in [0.2, 0.25) is 0 Å². The van der Waals surface area contributed by atoms with Crippen molar-refractivity contribution in [2.45, 2.75) is 60.0 Å². The Balaban J connectivity index is 0.00000130. The number of carbonyl (C=O) groups is 1. The van der Waals surface area contributed by atoms with E-state index in [1.165, 1.54) is 0 Å². The first kappa shape index (κ1) is 24.2. The van der Waals surface area contributed by atoms with Crippen LogP contribution < -0.4 is 5.56 Å². The number of hydrogen-bond acceptors (Lipinski definition) is 6. The molecular weight excluding hydrogens is 456 g/mol. The second-order valence-electron chi connectivity index (χ2n) is 9.55. The van der Waals surface area contributed by atoms with E-state index < -0.39 is 12.1 Å². The Morgan fingerprint density at radius 1 is 1.11 bits per heavy atom. The van der Waals surface area contributed by atoms with Gasteiger partial charge in [0, 0.05) is 16.5 Å². The minimum Gasteiger partial charge on any atom is -0.458 e. The van der Waals surface area contributed by atoms with Crippen molar-refractivity contribution >= 4 is 27.6 Å². The molecule has 2 aliphatic heterocycles. The largest absolute Gasteiger partial charge is 0.458 e. The molecule has 0 fully saturated rings. The number of aliphatic hydroxyl groups excluding tert-OH is 2. The number of pyridine rings is 2. The molecule has 0 saturated carbocycles. The summed E-state index contributed by atoms with van der Waals surface area (Å²) in [6.45, 7) is 8.52. The zero-order valence-electron chi connectivity index (χ0n) is 21.0. The molecule has 2 aromatic heterocycles. The summed E-state index contributed by atoms with van der Waals surface area (Å²) in [6, 6.07) is 11.7. The molecule has 36 heavy (non-hydrogen) atoms. The molecule has 0 saturated heterocycles. The third kappa shape index (κ3) is 3.62. The van der Waals surface area contributed by atoms with Crippen molar-refractivity contribution in [3.05, 3.63) is 74.6 Å². The van der Waals surface area contributed by atoms with Crippen molar-refractivity contribution in [2.75, 3.05) is 0 Å². The molecule has 7 nitrogen and oxygen atoms in total. The highest BCUT2D eigenvalue weighted by atomic mass is 16.5. The van der Waals surface area contributed by atoms with Crippen molar-refractivity contribution in [3.8, 4) is 11.4 Å². The summed E-state index contributed by atoms with van der Waals surface area (Å²) in [6.07, 6.45) is -0.668. The Kier molecular flexibility index (Phi) is 6.14. The molecule has 0 amide bonds. The topological polar surface area (TPSA) is 102 Å². The number of benzene rings is 2. The van der Waals surface area contributed by atoms with Gasteiger partial charge in [-0.1, -0.05) is 45.9 Å². The first-order valence-corrected chi connectivity index (χ1v) is 12.5. The number of fused-ring (bicyclic) bond motifs is 7. The van der Waals surface area contributed by atoms with E-state index in [0.29, 0.717) is 35.0 Å². The number of aliphatic hydroxyl groups is 2. The van der Waals surface area contributed by atoms with Crippen LogP contribution in [0.15, 0.2) is 41.2 Å². The molecule has 0 radical (unpaired) electrons. The lowest BCUT2D eigenvalue weighted by molar-refractivity contribution is -0.157. The quantitative estimate of drug-likeness (QED) is 0.290. The minimum absolute atomic E-state index is 0.0419. The third-order valence-electron chi connectivity index (χ3n) is 6.91. The standard InChI is InChI=1S/C27H24N2O5.C2H6/c1-13(2)7-17-19-10-29-22(9-18-20(26(29)32)12-34-27(33)25(18)31)24(19)28-21-6-5-15-4-3-14(11-30)8-16(15)23(17)21;1-2/h3-6,8-9,13,25,30-31H,7,10-12H2,1-2H3;1-2H3. The molecular formula is C29H30N2O5. The maximum Gasteiger partial charge on any atom is 0.340 e. The maximum absolute atomic E-state index is 13.4. The summed E-state index contributed by atoms with van der Waals surface area (Å²) < 4.78 is 6.68. The second kappa shape index (κ2) is 9.15. The van der Waals surface area contributed by atoms with Gasteiger partial charge in [0.1, 0.15) is 6.61 Å². The van der Waals surface area contributed by atoms with E-state index in [1.807, 2.05) is 44.2 Å². The van der Waals surface area contributed by atoms with Crippen molar-refractivity contribution in [1.29, 1.82) is 0 Å². The van der Waals surface area contributed by atoms with Gasteiger partial charge < -0.3 is 19.5 Å². The Morgan fingerprint density at radius 2 is 1.86 bits per heavy atom. The highest BCUT2D eigenvalue weighted by molar-refractivity contribution is 6.09. The summed E-state index contributed by atoms with van der Waals surface area (Å²) in [7, 11) is 0. The molecule has 0 aliphatic carbocycles. The average Bonchev–Trinajstić information content (AvgIpc) is 3.25. The first-order valence-electron chi connectivity index (χ1n) is 12.5. The third-order valence-corrected chi connectivity index (χ3v) is 6.91. The van der Waals surface area contributed by atoms with E-state index in [2.05, 4.69) is 13.8 Å². The van der Waals surface area contributed by atoms with E-state index in [0.717, 1.165) is 44.8 Å². The molecule has 6 rings (SSSR count). The van der Waals surface area contributed by atoms with E-state index in [4.69, 9.17) is 9.72 Å². The number of cyclic esters (lactones) is 1. The van der Waals surface area contributed by atoms with Gasteiger partial charge >= 0.3 is 5.97 Å². The number of esters is 1. The predicted octanol–water partition coefficient (Wildman–Crippen LogP) is 4.39. The molecule has 2 aromatic carbocycles. The normalized spacial score (nSPS) is 15.9. The number of ether oxygens (including phenoxy) is 1. The molecule has 7 heteroatoms. The first-order chi connectivity index (χ1) is 17.4. The van der Waals surface area contributed by atoms with E-state index in [1.54, 1.807) is 10.6 Å². The molecule has 1 unspecified atom stereocenters.